The number of para-hydroxylation sites is 1. The normalized spacial score (nSPS) is 19.0. The van der Waals surface area contributed by atoms with Gasteiger partial charge in [0.1, 0.15) is 6.10 Å². The Hall–Kier alpha value is -3.81. The first-order valence-electron chi connectivity index (χ1n) is 13.3. The van der Waals surface area contributed by atoms with Gasteiger partial charge in [-0.1, -0.05) is 45.4 Å². The van der Waals surface area contributed by atoms with Crippen LogP contribution in [0.4, 0.5) is 0 Å². The molecule has 3 atom stereocenters. The standard InChI is InChI=1S/C31H37NO7/c1-18(2)21-12-11-19(3)13-26(21)39-29(33)17-38-31(34)23-16-25(32-24-10-8-7-9-22(23)24)20-14-27(35-4)30(37-6)28(15-20)36-5/h7-10,14-16,18-19,21,26H,11-13,17H2,1-6H3. The number of methoxy groups -OCH3 is 3. The summed E-state index contributed by atoms with van der Waals surface area (Å²) >= 11 is 0. The topological polar surface area (TPSA) is 93.2 Å². The minimum Gasteiger partial charge on any atom is -0.493 e. The quantitative estimate of drug-likeness (QED) is 0.304. The van der Waals surface area contributed by atoms with Crippen molar-refractivity contribution in [2.45, 2.75) is 46.1 Å². The molecule has 8 nitrogen and oxygen atoms in total. The van der Waals surface area contributed by atoms with Crippen LogP contribution in [0.1, 0.15) is 50.4 Å². The van der Waals surface area contributed by atoms with E-state index in [2.05, 4.69) is 20.8 Å². The van der Waals surface area contributed by atoms with Crippen LogP contribution in [0.25, 0.3) is 22.2 Å². The molecule has 1 aromatic heterocycles. The molecular formula is C31H37NO7. The highest BCUT2D eigenvalue weighted by Crippen LogP contribution is 2.41. The molecule has 0 saturated heterocycles. The number of fused-ring (bicyclic) bond motifs is 1. The number of pyridine rings is 1. The fourth-order valence-electron chi connectivity index (χ4n) is 5.38. The van der Waals surface area contributed by atoms with Gasteiger partial charge in [-0.25, -0.2) is 14.6 Å². The van der Waals surface area contributed by atoms with E-state index >= 15 is 0 Å². The lowest BCUT2D eigenvalue weighted by Gasteiger charge is -2.36. The van der Waals surface area contributed by atoms with E-state index in [0.29, 0.717) is 62.7 Å². The number of esters is 2. The van der Waals surface area contributed by atoms with Gasteiger partial charge < -0.3 is 23.7 Å². The third kappa shape index (κ3) is 6.27. The Morgan fingerprint density at radius 3 is 2.31 bits per heavy atom. The lowest BCUT2D eigenvalue weighted by atomic mass is 9.75. The molecule has 2 aromatic carbocycles. The number of carbonyl (C=O) groups excluding carboxylic acids is 2. The molecule has 0 radical (unpaired) electrons. The minimum absolute atomic E-state index is 0.159. The van der Waals surface area contributed by atoms with Crippen LogP contribution >= 0.6 is 0 Å². The predicted octanol–water partition coefficient (Wildman–Crippen LogP) is 6.09. The molecule has 0 aliphatic heterocycles. The van der Waals surface area contributed by atoms with Gasteiger partial charge in [0.25, 0.3) is 0 Å². The van der Waals surface area contributed by atoms with Crippen molar-refractivity contribution < 1.29 is 33.3 Å². The van der Waals surface area contributed by atoms with Crippen molar-refractivity contribution in [1.29, 1.82) is 0 Å². The number of carbonyl (C=O) groups is 2. The van der Waals surface area contributed by atoms with Gasteiger partial charge in [-0.15, -0.1) is 0 Å². The molecule has 0 bridgehead atoms. The number of hydrogen-bond donors (Lipinski definition) is 0. The highest BCUT2D eigenvalue weighted by atomic mass is 16.6. The molecule has 39 heavy (non-hydrogen) atoms. The largest absolute Gasteiger partial charge is 0.493 e. The molecule has 0 spiro atoms. The summed E-state index contributed by atoms with van der Waals surface area (Å²) in [6.07, 6.45) is 2.84. The number of hydrogen-bond acceptors (Lipinski definition) is 8. The third-order valence-corrected chi connectivity index (χ3v) is 7.46. The SMILES string of the molecule is COc1cc(-c2cc(C(=O)OCC(=O)OC3CC(C)CCC3C(C)C)c3ccccc3n2)cc(OC)c1OC. The van der Waals surface area contributed by atoms with Crippen molar-refractivity contribution in [1.82, 2.24) is 4.98 Å². The van der Waals surface area contributed by atoms with Gasteiger partial charge in [0.05, 0.1) is 38.1 Å². The summed E-state index contributed by atoms with van der Waals surface area (Å²) in [5, 5.41) is 0.619. The summed E-state index contributed by atoms with van der Waals surface area (Å²) < 4.78 is 27.7. The van der Waals surface area contributed by atoms with Gasteiger partial charge in [0.2, 0.25) is 5.75 Å². The van der Waals surface area contributed by atoms with Gasteiger partial charge in [-0.2, -0.15) is 0 Å². The first kappa shape index (κ1) is 28.2. The lowest BCUT2D eigenvalue weighted by molar-refractivity contribution is -0.159. The van der Waals surface area contributed by atoms with Crippen molar-refractivity contribution in [3.63, 3.8) is 0 Å². The van der Waals surface area contributed by atoms with Crippen LogP contribution in [0, 0.1) is 17.8 Å². The van der Waals surface area contributed by atoms with Gasteiger partial charge >= 0.3 is 11.9 Å². The van der Waals surface area contributed by atoms with E-state index in [-0.39, 0.29) is 6.10 Å². The highest BCUT2D eigenvalue weighted by molar-refractivity contribution is 6.05. The molecule has 0 amide bonds. The van der Waals surface area contributed by atoms with E-state index in [1.807, 2.05) is 18.2 Å². The summed E-state index contributed by atoms with van der Waals surface area (Å²) in [7, 11) is 4.60. The van der Waals surface area contributed by atoms with Crippen molar-refractivity contribution >= 4 is 22.8 Å². The first-order chi connectivity index (χ1) is 18.7. The molecule has 1 aliphatic rings. The molecule has 4 rings (SSSR count). The van der Waals surface area contributed by atoms with Gasteiger partial charge in [0.15, 0.2) is 18.1 Å². The second kappa shape index (κ2) is 12.4. The van der Waals surface area contributed by atoms with E-state index in [1.54, 1.807) is 24.3 Å². The van der Waals surface area contributed by atoms with E-state index in [1.165, 1.54) is 21.3 Å². The molecule has 1 aliphatic carbocycles. The number of benzene rings is 2. The Labute approximate surface area is 229 Å². The monoisotopic (exact) mass is 535 g/mol. The zero-order valence-electron chi connectivity index (χ0n) is 23.5. The Bertz CT molecular complexity index is 1310. The summed E-state index contributed by atoms with van der Waals surface area (Å²) in [6, 6.07) is 12.5. The van der Waals surface area contributed by atoms with Crippen molar-refractivity contribution in [3.05, 3.63) is 48.0 Å². The second-order valence-electron chi connectivity index (χ2n) is 10.4. The minimum atomic E-state index is -0.628. The number of nitrogens with zero attached hydrogens (tertiary/aromatic N) is 1. The zero-order chi connectivity index (χ0) is 28.1. The van der Waals surface area contributed by atoms with Crippen molar-refractivity contribution in [2.24, 2.45) is 17.8 Å². The molecule has 1 saturated carbocycles. The van der Waals surface area contributed by atoms with Gasteiger partial charge in [-0.3, -0.25) is 0 Å². The van der Waals surface area contributed by atoms with E-state index in [0.717, 1.165) is 19.3 Å². The Balaban J connectivity index is 1.58. The van der Waals surface area contributed by atoms with E-state index in [9.17, 15) is 9.59 Å². The van der Waals surface area contributed by atoms with E-state index in [4.69, 9.17) is 28.7 Å². The third-order valence-electron chi connectivity index (χ3n) is 7.46. The maximum absolute atomic E-state index is 13.3. The molecule has 3 unspecified atom stereocenters. The van der Waals surface area contributed by atoms with Crippen LogP contribution in [-0.2, 0) is 14.3 Å². The van der Waals surface area contributed by atoms with Crippen LogP contribution in [0.5, 0.6) is 17.2 Å². The van der Waals surface area contributed by atoms with Crippen LogP contribution in [-0.4, -0.2) is 51.0 Å². The fourth-order valence-corrected chi connectivity index (χ4v) is 5.38. The molecule has 208 valence electrons. The van der Waals surface area contributed by atoms with Crippen molar-refractivity contribution in [2.75, 3.05) is 27.9 Å². The van der Waals surface area contributed by atoms with Crippen LogP contribution in [0.3, 0.4) is 0 Å². The molecule has 0 N–H and O–H groups in total. The fraction of sp³-hybridized carbons (Fsp3) is 0.452. The summed E-state index contributed by atoms with van der Waals surface area (Å²) in [6.45, 7) is 6.03. The summed E-state index contributed by atoms with van der Waals surface area (Å²) in [5.74, 6) is 1.44. The Kier molecular flexibility index (Phi) is 8.94. The first-order valence-corrected chi connectivity index (χ1v) is 13.3. The summed E-state index contributed by atoms with van der Waals surface area (Å²) in [5.41, 5.74) is 2.08. The molecule has 1 fully saturated rings. The van der Waals surface area contributed by atoms with Crippen molar-refractivity contribution in [3.8, 4) is 28.5 Å². The molecular weight excluding hydrogens is 498 g/mol. The maximum atomic E-state index is 13.3. The average molecular weight is 536 g/mol. The Morgan fingerprint density at radius 1 is 0.974 bits per heavy atom. The predicted molar refractivity (Wildman–Crippen MR) is 148 cm³/mol. The summed E-state index contributed by atoms with van der Waals surface area (Å²) in [4.78, 5) is 30.8. The zero-order valence-corrected chi connectivity index (χ0v) is 23.5. The van der Waals surface area contributed by atoms with Gasteiger partial charge in [-0.05, 0) is 54.9 Å². The lowest BCUT2D eigenvalue weighted by Crippen LogP contribution is -2.36. The number of rotatable bonds is 9. The average Bonchev–Trinajstić information content (AvgIpc) is 2.94. The number of ether oxygens (including phenoxy) is 5. The number of aromatic nitrogens is 1. The van der Waals surface area contributed by atoms with Gasteiger partial charge in [0, 0.05) is 10.9 Å². The Morgan fingerprint density at radius 2 is 1.67 bits per heavy atom. The van der Waals surface area contributed by atoms with Crippen LogP contribution < -0.4 is 14.2 Å². The smallest absolute Gasteiger partial charge is 0.344 e. The van der Waals surface area contributed by atoms with Crippen LogP contribution in [0.15, 0.2) is 42.5 Å². The second-order valence-corrected chi connectivity index (χ2v) is 10.4. The van der Waals surface area contributed by atoms with E-state index < -0.39 is 18.5 Å². The molecule has 1 heterocycles. The maximum Gasteiger partial charge on any atom is 0.344 e. The highest BCUT2D eigenvalue weighted by Gasteiger charge is 2.33. The molecule has 3 aromatic rings. The molecule has 8 heteroatoms. The van der Waals surface area contributed by atoms with Crippen LogP contribution in [0.2, 0.25) is 0 Å².